The Morgan fingerprint density at radius 2 is 1.86 bits per heavy atom. The second kappa shape index (κ2) is 7.20. The molecule has 5 heteroatoms. The first-order valence-corrected chi connectivity index (χ1v) is 6.81. The zero-order valence-corrected chi connectivity index (χ0v) is 10.2. The Hall–Kier alpha value is -0.130. The minimum absolute atomic E-state index is 0.182. The average Bonchev–Trinajstić information content (AvgIpc) is 2.01. The van der Waals surface area contributed by atoms with E-state index in [2.05, 4.69) is 10.0 Å². The highest BCUT2D eigenvalue weighted by Gasteiger charge is 2.10. The van der Waals surface area contributed by atoms with Gasteiger partial charge in [-0.3, -0.25) is 0 Å². The maximum atomic E-state index is 11.3. The van der Waals surface area contributed by atoms with Crippen LogP contribution in [0.3, 0.4) is 0 Å². The lowest BCUT2D eigenvalue weighted by Crippen LogP contribution is -2.30. The molecule has 0 saturated heterocycles. The lowest BCUT2D eigenvalue weighted by Gasteiger charge is -2.08. The second-order valence-corrected chi connectivity index (χ2v) is 5.63. The van der Waals surface area contributed by atoms with Gasteiger partial charge in [-0.25, -0.2) is 13.1 Å². The lowest BCUT2D eigenvalue weighted by molar-refractivity contribution is 0.563. The first-order valence-electron chi connectivity index (χ1n) is 5.16. The highest BCUT2D eigenvalue weighted by molar-refractivity contribution is 7.89. The number of hydrogen-bond donors (Lipinski definition) is 2. The van der Waals surface area contributed by atoms with E-state index in [9.17, 15) is 8.42 Å². The van der Waals surface area contributed by atoms with Gasteiger partial charge in [-0.15, -0.1) is 0 Å². The van der Waals surface area contributed by atoms with E-state index < -0.39 is 10.0 Å². The maximum absolute atomic E-state index is 11.3. The van der Waals surface area contributed by atoms with Crippen LogP contribution in [0.15, 0.2) is 0 Å². The maximum Gasteiger partial charge on any atom is 0.211 e. The van der Waals surface area contributed by atoms with Gasteiger partial charge in [0.1, 0.15) is 0 Å². The van der Waals surface area contributed by atoms with Crippen LogP contribution in [0.1, 0.15) is 27.2 Å². The van der Waals surface area contributed by atoms with Crippen molar-refractivity contribution in [2.45, 2.75) is 27.2 Å². The van der Waals surface area contributed by atoms with Gasteiger partial charge in [-0.1, -0.05) is 20.8 Å². The molecule has 0 rings (SSSR count). The third-order valence-electron chi connectivity index (χ3n) is 1.66. The average molecular weight is 222 g/mol. The Labute approximate surface area is 87.5 Å². The van der Waals surface area contributed by atoms with Crippen LogP contribution in [0.25, 0.3) is 0 Å². The molecule has 0 aliphatic carbocycles. The molecule has 86 valence electrons. The van der Waals surface area contributed by atoms with E-state index in [0.717, 1.165) is 19.5 Å². The minimum atomic E-state index is -3.05. The number of nitrogens with one attached hydrogen (secondary N) is 2. The van der Waals surface area contributed by atoms with Crippen LogP contribution in [0.5, 0.6) is 0 Å². The Bertz CT molecular complexity index is 225. The normalized spacial score (nSPS) is 12.3. The molecule has 0 amide bonds. The van der Waals surface area contributed by atoms with Crippen LogP contribution in [-0.2, 0) is 10.0 Å². The minimum Gasteiger partial charge on any atom is -0.317 e. The summed E-state index contributed by atoms with van der Waals surface area (Å²) >= 11 is 0. The highest BCUT2D eigenvalue weighted by Crippen LogP contribution is 1.96. The van der Waals surface area contributed by atoms with Gasteiger partial charge >= 0.3 is 0 Å². The largest absolute Gasteiger partial charge is 0.317 e. The molecular weight excluding hydrogens is 200 g/mol. The molecule has 0 aromatic heterocycles. The van der Waals surface area contributed by atoms with Crippen molar-refractivity contribution >= 4 is 10.0 Å². The molecular formula is C9H22N2O2S. The van der Waals surface area contributed by atoms with E-state index in [4.69, 9.17) is 0 Å². The monoisotopic (exact) mass is 222 g/mol. The third kappa shape index (κ3) is 8.47. The molecule has 0 unspecified atom stereocenters. The fourth-order valence-electron chi connectivity index (χ4n) is 1.12. The predicted octanol–water partition coefficient (Wildman–Crippen LogP) is 0.561. The van der Waals surface area contributed by atoms with Crippen molar-refractivity contribution in [1.82, 2.24) is 10.0 Å². The lowest BCUT2D eigenvalue weighted by atomic mass is 10.3. The van der Waals surface area contributed by atoms with Crippen LogP contribution < -0.4 is 10.0 Å². The summed E-state index contributed by atoms with van der Waals surface area (Å²) in [6.45, 7) is 8.15. The van der Waals surface area contributed by atoms with E-state index in [-0.39, 0.29) is 11.7 Å². The molecule has 0 fully saturated rings. The van der Waals surface area contributed by atoms with E-state index in [1.807, 2.05) is 20.8 Å². The topological polar surface area (TPSA) is 58.2 Å². The van der Waals surface area contributed by atoms with Gasteiger partial charge in [0.25, 0.3) is 0 Å². The zero-order valence-electron chi connectivity index (χ0n) is 9.34. The smallest absolute Gasteiger partial charge is 0.211 e. The SMILES string of the molecule is CCNCCCNS(=O)(=O)CC(C)C. The zero-order chi connectivity index (χ0) is 11.0. The van der Waals surface area contributed by atoms with E-state index in [0.29, 0.717) is 6.54 Å². The summed E-state index contributed by atoms with van der Waals surface area (Å²) in [5, 5.41) is 3.14. The fourth-order valence-corrected chi connectivity index (χ4v) is 2.57. The van der Waals surface area contributed by atoms with Gasteiger partial charge in [0, 0.05) is 6.54 Å². The van der Waals surface area contributed by atoms with Crippen molar-refractivity contribution in [2.75, 3.05) is 25.4 Å². The molecule has 0 atom stereocenters. The number of sulfonamides is 1. The molecule has 0 bridgehead atoms. The van der Waals surface area contributed by atoms with Crippen LogP contribution in [0, 0.1) is 5.92 Å². The summed E-state index contributed by atoms with van der Waals surface area (Å²) in [6.07, 6.45) is 0.838. The molecule has 0 saturated carbocycles. The van der Waals surface area contributed by atoms with E-state index >= 15 is 0 Å². The first-order chi connectivity index (χ1) is 6.48. The Balaban J connectivity index is 3.56. The van der Waals surface area contributed by atoms with Crippen molar-refractivity contribution in [3.8, 4) is 0 Å². The summed E-state index contributed by atoms with van der Waals surface area (Å²) in [4.78, 5) is 0. The number of rotatable bonds is 8. The Morgan fingerprint density at radius 3 is 2.36 bits per heavy atom. The summed E-state index contributed by atoms with van der Waals surface area (Å²) in [5.74, 6) is 0.398. The molecule has 4 nitrogen and oxygen atoms in total. The van der Waals surface area contributed by atoms with Crippen LogP contribution in [-0.4, -0.2) is 33.8 Å². The van der Waals surface area contributed by atoms with Crippen molar-refractivity contribution < 1.29 is 8.42 Å². The molecule has 14 heavy (non-hydrogen) atoms. The molecule has 0 spiro atoms. The molecule has 0 aliphatic rings. The van der Waals surface area contributed by atoms with Gasteiger partial charge in [-0.2, -0.15) is 0 Å². The fraction of sp³-hybridized carbons (Fsp3) is 1.00. The van der Waals surface area contributed by atoms with Gasteiger partial charge in [0.05, 0.1) is 5.75 Å². The Morgan fingerprint density at radius 1 is 1.21 bits per heavy atom. The van der Waals surface area contributed by atoms with E-state index in [1.165, 1.54) is 0 Å². The summed E-state index contributed by atoms with van der Waals surface area (Å²) in [5.41, 5.74) is 0. The number of hydrogen-bond acceptors (Lipinski definition) is 3. The molecule has 0 heterocycles. The standard InChI is InChI=1S/C9H22N2O2S/c1-4-10-6-5-7-11-14(12,13)8-9(2)3/h9-11H,4-8H2,1-3H3. The van der Waals surface area contributed by atoms with Gasteiger partial charge < -0.3 is 5.32 Å². The van der Waals surface area contributed by atoms with Crippen molar-refractivity contribution in [1.29, 1.82) is 0 Å². The quantitative estimate of drug-likeness (QED) is 0.590. The third-order valence-corrected chi connectivity index (χ3v) is 3.40. The summed E-state index contributed by atoms with van der Waals surface area (Å²) < 4.78 is 25.3. The molecule has 0 aromatic carbocycles. The van der Waals surface area contributed by atoms with Gasteiger partial charge in [0.2, 0.25) is 10.0 Å². The van der Waals surface area contributed by atoms with Crippen LogP contribution in [0.2, 0.25) is 0 Å². The molecule has 0 radical (unpaired) electrons. The molecule has 0 aliphatic heterocycles. The Kier molecular flexibility index (Phi) is 7.13. The first kappa shape index (κ1) is 13.9. The van der Waals surface area contributed by atoms with Crippen LogP contribution in [0.4, 0.5) is 0 Å². The van der Waals surface area contributed by atoms with Crippen LogP contribution >= 0.6 is 0 Å². The van der Waals surface area contributed by atoms with Crippen molar-refractivity contribution in [3.05, 3.63) is 0 Å². The van der Waals surface area contributed by atoms with Gasteiger partial charge in [0.15, 0.2) is 0 Å². The molecule has 0 aromatic rings. The van der Waals surface area contributed by atoms with E-state index in [1.54, 1.807) is 0 Å². The summed E-state index contributed by atoms with van der Waals surface area (Å²) in [6, 6.07) is 0. The second-order valence-electron chi connectivity index (χ2n) is 3.78. The van der Waals surface area contributed by atoms with Crippen molar-refractivity contribution in [3.63, 3.8) is 0 Å². The van der Waals surface area contributed by atoms with Crippen molar-refractivity contribution in [2.24, 2.45) is 5.92 Å². The summed E-state index contributed by atoms with van der Waals surface area (Å²) in [7, 11) is -3.05. The molecule has 2 N–H and O–H groups in total. The predicted molar refractivity (Wildman–Crippen MR) is 59.8 cm³/mol. The van der Waals surface area contributed by atoms with Gasteiger partial charge in [-0.05, 0) is 25.4 Å². The highest BCUT2D eigenvalue weighted by atomic mass is 32.2.